The molecule has 4 nitrogen and oxygen atoms in total. The van der Waals surface area contributed by atoms with Gasteiger partial charge in [0.25, 0.3) is 5.91 Å². The summed E-state index contributed by atoms with van der Waals surface area (Å²) in [6.45, 7) is 2.91. The first-order chi connectivity index (χ1) is 11.2. The van der Waals surface area contributed by atoms with E-state index < -0.39 is 0 Å². The van der Waals surface area contributed by atoms with Crippen molar-refractivity contribution in [2.45, 2.75) is 51.0 Å². The van der Waals surface area contributed by atoms with Crippen molar-refractivity contribution in [3.8, 4) is 0 Å². The molecule has 1 atom stereocenters. The molecule has 1 aromatic carbocycles. The van der Waals surface area contributed by atoms with Gasteiger partial charge in [0.05, 0.1) is 0 Å². The Bertz CT molecular complexity index is 700. The highest BCUT2D eigenvalue weighted by Crippen LogP contribution is 2.40. The fourth-order valence-electron chi connectivity index (χ4n) is 3.41. The average Bonchev–Trinajstić information content (AvgIpc) is 3.11. The molecule has 0 bridgehead atoms. The van der Waals surface area contributed by atoms with Crippen LogP contribution in [0.3, 0.4) is 0 Å². The van der Waals surface area contributed by atoms with Crippen LogP contribution in [-0.4, -0.2) is 28.6 Å². The second-order valence-corrected chi connectivity index (χ2v) is 6.87. The van der Waals surface area contributed by atoms with Gasteiger partial charge in [0.2, 0.25) is 0 Å². The van der Waals surface area contributed by atoms with Crippen molar-refractivity contribution in [2.75, 3.05) is 6.54 Å². The zero-order valence-electron chi connectivity index (χ0n) is 13.5. The normalized spacial score (nSPS) is 20.9. The predicted octanol–water partition coefficient (Wildman–Crippen LogP) is 3.71. The molecule has 1 saturated carbocycles. The minimum atomic E-state index is 0.0234. The van der Waals surface area contributed by atoms with Crippen LogP contribution in [0.1, 0.15) is 59.0 Å². The molecule has 1 aliphatic heterocycles. The van der Waals surface area contributed by atoms with Crippen molar-refractivity contribution >= 4 is 5.91 Å². The number of rotatable bonds is 4. The Morgan fingerprint density at radius 3 is 2.78 bits per heavy atom. The first kappa shape index (κ1) is 14.5. The standard InChI is InChI=1S/C19H22N2O2/c1-13-4-6-14(7-5-13)11-16-3-2-10-21(16)19(22)17-12-18(23-20-17)15-8-9-15/h4-7,12,15-16H,2-3,8-11H2,1H3. The Labute approximate surface area is 136 Å². The van der Waals surface area contributed by atoms with E-state index >= 15 is 0 Å². The fraction of sp³-hybridized carbons (Fsp3) is 0.474. The maximum Gasteiger partial charge on any atom is 0.276 e. The Hall–Kier alpha value is -2.10. The zero-order chi connectivity index (χ0) is 15.8. The van der Waals surface area contributed by atoms with E-state index in [-0.39, 0.29) is 11.9 Å². The van der Waals surface area contributed by atoms with Gasteiger partial charge in [-0.15, -0.1) is 0 Å². The Morgan fingerprint density at radius 2 is 2.04 bits per heavy atom. The molecule has 0 spiro atoms. The van der Waals surface area contributed by atoms with Gasteiger partial charge in [-0.25, -0.2) is 0 Å². The lowest BCUT2D eigenvalue weighted by molar-refractivity contribution is 0.0726. The predicted molar refractivity (Wildman–Crippen MR) is 87.4 cm³/mol. The van der Waals surface area contributed by atoms with Gasteiger partial charge >= 0.3 is 0 Å². The van der Waals surface area contributed by atoms with Crippen LogP contribution in [-0.2, 0) is 6.42 Å². The number of aromatic nitrogens is 1. The zero-order valence-corrected chi connectivity index (χ0v) is 13.5. The summed E-state index contributed by atoms with van der Waals surface area (Å²) < 4.78 is 5.34. The van der Waals surface area contributed by atoms with Gasteiger partial charge in [0, 0.05) is 24.6 Å². The first-order valence-corrected chi connectivity index (χ1v) is 8.54. The van der Waals surface area contributed by atoms with Crippen LogP contribution in [0.25, 0.3) is 0 Å². The summed E-state index contributed by atoms with van der Waals surface area (Å²) in [5.41, 5.74) is 3.03. The number of aryl methyl sites for hydroxylation is 1. The van der Waals surface area contributed by atoms with Crippen molar-refractivity contribution in [3.05, 3.63) is 52.9 Å². The summed E-state index contributed by atoms with van der Waals surface area (Å²) in [4.78, 5) is 14.7. The van der Waals surface area contributed by atoms with Crippen LogP contribution in [0.2, 0.25) is 0 Å². The highest BCUT2D eigenvalue weighted by molar-refractivity contribution is 5.92. The second-order valence-electron chi connectivity index (χ2n) is 6.87. The monoisotopic (exact) mass is 310 g/mol. The van der Waals surface area contributed by atoms with E-state index in [1.807, 2.05) is 11.0 Å². The van der Waals surface area contributed by atoms with Crippen LogP contribution >= 0.6 is 0 Å². The van der Waals surface area contributed by atoms with Crippen molar-refractivity contribution in [1.82, 2.24) is 10.1 Å². The number of nitrogens with zero attached hydrogens (tertiary/aromatic N) is 2. The van der Waals surface area contributed by atoms with E-state index in [9.17, 15) is 4.79 Å². The third-order valence-corrected chi connectivity index (χ3v) is 4.96. The van der Waals surface area contributed by atoms with E-state index in [1.54, 1.807) is 0 Å². The number of amides is 1. The molecule has 1 aromatic heterocycles. The topological polar surface area (TPSA) is 46.3 Å². The lowest BCUT2D eigenvalue weighted by Gasteiger charge is -2.24. The van der Waals surface area contributed by atoms with Crippen molar-refractivity contribution in [2.24, 2.45) is 0 Å². The number of hydrogen-bond acceptors (Lipinski definition) is 3. The van der Waals surface area contributed by atoms with Crippen LogP contribution in [0, 0.1) is 6.92 Å². The molecule has 2 aromatic rings. The molecular weight excluding hydrogens is 288 g/mol. The van der Waals surface area contributed by atoms with Gasteiger partial charge in [-0.1, -0.05) is 35.0 Å². The average molecular weight is 310 g/mol. The Kier molecular flexibility index (Phi) is 3.68. The second kappa shape index (κ2) is 5.84. The quantitative estimate of drug-likeness (QED) is 0.865. The summed E-state index contributed by atoms with van der Waals surface area (Å²) in [7, 11) is 0. The first-order valence-electron chi connectivity index (χ1n) is 8.54. The van der Waals surface area contributed by atoms with Crippen molar-refractivity contribution in [3.63, 3.8) is 0 Å². The largest absolute Gasteiger partial charge is 0.360 e. The molecule has 1 unspecified atom stereocenters. The molecular formula is C19H22N2O2. The number of likely N-dealkylation sites (tertiary alicyclic amines) is 1. The molecule has 4 heteroatoms. The van der Waals surface area contributed by atoms with E-state index in [2.05, 4.69) is 36.3 Å². The van der Waals surface area contributed by atoms with E-state index in [4.69, 9.17) is 4.52 Å². The van der Waals surface area contributed by atoms with Crippen LogP contribution < -0.4 is 0 Å². The van der Waals surface area contributed by atoms with Crippen LogP contribution in [0.5, 0.6) is 0 Å². The molecule has 23 heavy (non-hydrogen) atoms. The molecule has 0 N–H and O–H groups in total. The number of carbonyl (C=O) groups is 1. The van der Waals surface area contributed by atoms with Gasteiger partial charge in [-0.3, -0.25) is 4.79 Å². The molecule has 1 amide bonds. The maximum atomic E-state index is 12.8. The molecule has 2 heterocycles. The Morgan fingerprint density at radius 1 is 1.26 bits per heavy atom. The highest BCUT2D eigenvalue weighted by atomic mass is 16.5. The van der Waals surface area contributed by atoms with Crippen molar-refractivity contribution in [1.29, 1.82) is 0 Å². The minimum Gasteiger partial charge on any atom is -0.360 e. The van der Waals surface area contributed by atoms with E-state index in [1.165, 1.54) is 11.1 Å². The minimum absolute atomic E-state index is 0.0234. The van der Waals surface area contributed by atoms with E-state index in [0.29, 0.717) is 11.6 Å². The summed E-state index contributed by atoms with van der Waals surface area (Å²) in [5, 5.41) is 4.01. The molecule has 2 fully saturated rings. The molecule has 4 rings (SSSR count). The third kappa shape index (κ3) is 3.03. The Balaban J connectivity index is 1.47. The SMILES string of the molecule is Cc1ccc(CC2CCCN2C(=O)c2cc(C3CC3)on2)cc1. The molecule has 2 aliphatic rings. The summed E-state index contributed by atoms with van der Waals surface area (Å²) in [6.07, 6.45) is 5.35. The smallest absolute Gasteiger partial charge is 0.276 e. The van der Waals surface area contributed by atoms with Gasteiger partial charge in [0.1, 0.15) is 5.76 Å². The van der Waals surface area contributed by atoms with Gasteiger partial charge in [-0.2, -0.15) is 0 Å². The lowest BCUT2D eigenvalue weighted by atomic mass is 10.0. The maximum absolute atomic E-state index is 12.8. The van der Waals surface area contributed by atoms with E-state index in [0.717, 1.165) is 44.4 Å². The number of carbonyl (C=O) groups excluding carboxylic acids is 1. The summed E-state index contributed by atoms with van der Waals surface area (Å²) in [6, 6.07) is 10.7. The number of hydrogen-bond donors (Lipinski definition) is 0. The molecule has 1 saturated heterocycles. The third-order valence-electron chi connectivity index (χ3n) is 4.96. The van der Waals surface area contributed by atoms with Gasteiger partial charge in [-0.05, 0) is 44.6 Å². The lowest BCUT2D eigenvalue weighted by Crippen LogP contribution is -2.37. The summed E-state index contributed by atoms with van der Waals surface area (Å²) in [5.74, 6) is 1.39. The van der Waals surface area contributed by atoms with Crippen molar-refractivity contribution < 1.29 is 9.32 Å². The van der Waals surface area contributed by atoms with Crippen LogP contribution in [0.15, 0.2) is 34.9 Å². The van der Waals surface area contributed by atoms with Gasteiger partial charge in [0.15, 0.2) is 5.69 Å². The highest BCUT2D eigenvalue weighted by Gasteiger charge is 2.33. The van der Waals surface area contributed by atoms with Crippen LogP contribution in [0.4, 0.5) is 0 Å². The number of benzene rings is 1. The molecule has 0 radical (unpaired) electrons. The van der Waals surface area contributed by atoms with Gasteiger partial charge < -0.3 is 9.42 Å². The summed E-state index contributed by atoms with van der Waals surface area (Å²) >= 11 is 0. The fourth-order valence-corrected chi connectivity index (χ4v) is 3.41. The molecule has 120 valence electrons. The molecule has 1 aliphatic carbocycles.